The molecule has 1 aromatic rings. The van der Waals surface area contributed by atoms with E-state index in [-0.39, 0.29) is 17.7 Å². The summed E-state index contributed by atoms with van der Waals surface area (Å²) in [6.07, 6.45) is -4.41. The number of hydrogen-bond acceptors (Lipinski definition) is 3. The molecular weight excluding hydrogens is 225 g/mol. The van der Waals surface area contributed by atoms with Crippen LogP contribution in [0.25, 0.3) is 0 Å². The lowest BCUT2D eigenvalue weighted by molar-refractivity contribution is -0.141. The van der Waals surface area contributed by atoms with Crippen molar-refractivity contribution in [3.63, 3.8) is 0 Å². The van der Waals surface area contributed by atoms with Crippen molar-refractivity contribution >= 4 is 18.0 Å². The van der Waals surface area contributed by atoms with E-state index in [1.807, 2.05) is 0 Å². The van der Waals surface area contributed by atoms with Gasteiger partial charge in [-0.25, -0.2) is 4.98 Å². The predicted molar refractivity (Wildman–Crippen MR) is 48.9 cm³/mol. The minimum atomic E-state index is -4.66. The highest BCUT2D eigenvalue weighted by atomic mass is 19.4. The number of aromatic nitrogens is 1. The summed E-state index contributed by atoms with van der Waals surface area (Å²) < 4.78 is 37.0. The minimum absolute atomic E-state index is 0.203. The van der Waals surface area contributed by atoms with Gasteiger partial charge in [0, 0.05) is 12.5 Å². The van der Waals surface area contributed by atoms with Crippen LogP contribution < -0.4 is 5.32 Å². The van der Waals surface area contributed by atoms with E-state index in [0.717, 1.165) is 13.0 Å². The SMILES string of the molecule is CC(=O)Nc1cc(C=O)cc(C(F)(F)F)n1. The second-order valence-electron chi connectivity index (χ2n) is 2.97. The fraction of sp³-hybridized carbons (Fsp3) is 0.222. The van der Waals surface area contributed by atoms with E-state index in [9.17, 15) is 22.8 Å². The van der Waals surface area contributed by atoms with E-state index in [1.165, 1.54) is 0 Å². The maximum Gasteiger partial charge on any atom is 0.433 e. The Morgan fingerprint density at radius 3 is 2.50 bits per heavy atom. The van der Waals surface area contributed by atoms with Gasteiger partial charge >= 0.3 is 6.18 Å². The van der Waals surface area contributed by atoms with Crippen molar-refractivity contribution in [2.24, 2.45) is 0 Å². The topological polar surface area (TPSA) is 59.1 Å². The van der Waals surface area contributed by atoms with Crippen LogP contribution in [-0.2, 0) is 11.0 Å². The molecule has 0 aromatic carbocycles. The van der Waals surface area contributed by atoms with Gasteiger partial charge in [-0.3, -0.25) is 9.59 Å². The zero-order valence-corrected chi connectivity index (χ0v) is 8.13. The Hall–Kier alpha value is -1.92. The van der Waals surface area contributed by atoms with Gasteiger partial charge in [-0.15, -0.1) is 0 Å². The van der Waals surface area contributed by atoms with Crippen molar-refractivity contribution in [2.45, 2.75) is 13.1 Å². The van der Waals surface area contributed by atoms with Gasteiger partial charge in [-0.1, -0.05) is 0 Å². The number of alkyl halides is 3. The quantitative estimate of drug-likeness (QED) is 0.792. The molecule has 0 radical (unpaired) electrons. The third-order valence-corrected chi connectivity index (χ3v) is 1.58. The number of rotatable bonds is 2. The largest absolute Gasteiger partial charge is 0.433 e. The van der Waals surface area contributed by atoms with E-state index < -0.39 is 17.8 Å². The summed E-state index contributed by atoms with van der Waals surface area (Å²) in [4.78, 5) is 24.2. The molecular formula is C9H7F3N2O2. The van der Waals surface area contributed by atoms with Crippen molar-refractivity contribution in [3.8, 4) is 0 Å². The highest BCUT2D eigenvalue weighted by molar-refractivity contribution is 5.88. The summed E-state index contributed by atoms with van der Waals surface area (Å²) in [5.41, 5.74) is -1.42. The number of anilines is 1. The summed E-state index contributed by atoms with van der Waals surface area (Å²) in [5.74, 6) is -0.868. The summed E-state index contributed by atoms with van der Waals surface area (Å²) in [5, 5.41) is 2.08. The van der Waals surface area contributed by atoms with Crippen LogP contribution in [0.2, 0.25) is 0 Å². The van der Waals surface area contributed by atoms with Gasteiger partial charge < -0.3 is 5.32 Å². The van der Waals surface area contributed by atoms with E-state index in [1.54, 1.807) is 0 Å². The van der Waals surface area contributed by atoms with Crippen molar-refractivity contribution in [3.05, 3.63) is 23.4 Å². The monoisotopic (exact) mass is 232 g/mol. The number of pyridine rings is 1. The van der Waals surface area contributed by atoms with E-state index >= 15 is 0 Å². The number of carbonyl (C=O) groups is 2. The normalized spacial score (nSPS) is 11.0. The molecule has 1 aromatic heterocycles. The lowest BCUT2D eigenvalue weighted by Crippen LogP contribution is -2.13. The zero-order chi connectivity index (χ0) is 12.3. The van der Waals surface area contributed by atoms with Crippen molar-refractivity contribution in [1.29, 1.82) is 0 Å². The van der Waals surface area contributed by atoms with E-state index in [4.69, 9.17) is 0 Å². The highest BCUT2D eigenvalue weighted by Crippen LogP contribution is 2.29. The van der Waals surface area contributed by atoms with Gasteiger partial charge in [0.2, 0.25) is 5.91 Å². The molecule has 1 N–H and O–H groups in total. The molecule has 1 rings (SSSR count). The van der Waals surface area contributed by atoms with Crippen molar-refractivity contribution < 1.29 is 22.8 Å². The fourth-order valence-corrected chi connectivity index (χ4v) is 1.01. The Balaban J connectivity index is 3.21. The lowest BCUT2D eigenvalue weighted by Gasteiger charge is -2.08. The van der Waals surface area contributed by atoms with Crippen LogP contribution in [-0.4, -0.2) is 17.2 Å². The maximum absolute atomic E-state index is 12.3. The lowest BCUT2D eigenvalue weighted by atomic mass is 10.2. The minimum Gasteiger partial charge on any atom is -0.311 e. The Kier molecular flexibility index (Phi) is 3.26. The number of nitrogens with one attached hydrogen (secondary N) is 1. The molecule has 0 spiro atoms. The molecule has 0 saturated heterocycles. The van der Waals surface area contributed by atoms with Gasteiger partial charge in [0.1, 0.15) is 17.8 Å². The van der Waals surface area contributed by atoms with Crippen molar-refractivity contribution in [1.82, 2.24) is 4.98 Å². The molecule has 86 valence electrons. The predicted octanol–water partition coefficient (Wildman–Crippen LogP) is 1.87. The molecule has 7 heteroatoms. The average Bonchev–Trinajstić information content (AvgIpc) is 2.14. The standard InChI is InChI=1S/C9H7F3N2O2/c1-5(16)13-8-3-6(4-15)2-7(14-8)9(10,11)12/h2-4H,1H3,(H,13,14,16). The Bertz CT molecular complexity index is 429. The van der Waals surface area contributed by atoms with Crippen LogP contribution in [0.1, 0.15) is 23.0 Å². The number of amides is 1. The van der Waals surface area contributed by atoms with Gasteiger partial charge in [0.15, 0.2) is 0 Å². The molecule has 0 bridgehead atoms. The Morgan fingerprint density at radius 1 is 1.44 bits per heavy atom. The molecule has 0 atom stereocenters. The molecule has 0 aliphatic carbocycles. The van der Waals surface area contributed by atoms with Crippen LogP contribution >= 0.6 is 0 Å². The van der Waals surface area contributed by atoms with Gasteiger partial charge in [0.25, 0.3) is 0 Å². The first-order valence-electron chi connectivity index (χ1n) is 4.15. The highest BCUT2D eigenvalue weighted by Gasteiger charge is 2.33. The van der Waals surface area contributed by atoms with Crippen LogP contribution in [0.5, 0.6) is 0 Å². The van der Waals surface area contributed by atoms with Gasteiger partial charge in [0.05, 0.1) is 0 Å². The molecule has 0 fully saturated rings. The molecule has 0 aliphatic rings. The summed E-state index contributed by atoms with van der Waals surface area (Å²) >= 11 is 0. The summed E-state index contributed by atoms with van der Waals surface area (Å²) in [6.45, 7) is 1.13. The van der Waals surface area contributed by atoms with Crippen molar-refractivity contribution in [2.75, 3.05) is 5.32 Å². The number of nitrogens with zero attached hydrogens (tertiary/aromatic N) is 1. The number of hydrogen-bond donors (Lipinski definition) is 1. The third-order valence-electron chi connectivity index (χ3n) is 1.58. The molecule has 0 unspecified atom stereocenters. The fourth-order valence-electron chi connectivity index (χ4n) is 1.01. The third kappa shape index (κ3) is 3.04. The first kappa shape index (κ1) is 12.2. The second kappa shape index (κ2) is 4.30. The molecule has 16 heavy (non-hydrogen) atoms. The molecule has 0 saturated carbocycles. The Morgan fingerprint density at radius 2 is 2.06 bits per heavy atom. The van der Waals surface area contributed by atoms with Gasteiger partial charge in [-0.2, -0.15) is 13.2 Å². The van der Waals surface area contributed by atoms with Crippen LogP contribution in [0.4, 0.5) is 19.0 Å². The van der Waals surface area contributed by atoms with Crippen LogP contribution in [0.3, 0.4) is 0 Å². The number of halogens is 3. The second-order valence-corrected chi connectivity index (χ2v) is 2.97. The van der Waals surface area contributed by atoms with Crippen LogP contribution in [0.15, 0.2) is 12.1 Å². The van der Waals surface area contributed by atoms with Crippen LogP contribution in [0, 0.1) is 0 Å². The first-order chi connectivity index (χ1) is 7.32. The summed E-state index contributed by atoms with van der Waals surface area (Å²) in [7, 11) is 0. The molecule has 0 aliphatic heterocycles. The van der Waals surface area contributed by atoms with E-state index in [0.29, 0.717) is 6.07 Å². The average molecular weight is 232 g/mol. The first-order valence-corrected chi connectivity index (χ1v) is 4.15. The number of aldehydes is 1. The maximum atomic E-state index is 12.3. The molecule has 4 nitrogen and oxygen atoms in total. The summed E-state index contributed by atoms with van der Waals surface area (Å²) in [6, 6.07) is 1.67. The Labute approximate surface area is 88.5 Å². The van der Waals surface area contributed by atoms with E-state index in [2.05, 4.69) is 10.3 Å². The zero-order valence-electron chi connectivity index (χ0n) is 8.13. The smallest absolute Gasteiger partial charge is 0.311 e. The van der Waals surface area contributed by atoms with Gasteiger partial charge in [-0.05, 0) is 12.1 Å². The number of carbonyl (C=O) groups excluding carboxylic acids is 2. The molecule has 1 heterocycles. The molecule has 1 amide bonds.